The van der Waals surface area contributed by atoms with Crippen LogP contribution in [0.15, 0.2) is 0 Å². The largest absolute Gasteiger partial charge is 0.380 e. The average Bonchev–Trinajstić information content (AvgIpc) is 2.56. The van der Waals surface area contributed by atoms with Crippen LogP contribution in [0.2, 0.25) is 0 Å². The number of hydrogen-bond acceptors (Lipinski definition) is 3. The lowest BCUT2D eigenvalue weighted by Gasteiger charge is -2.10. The zero-order chi connectivity index (χ0) is 9.47. The molecular formula is C8H15NO3S. The summed E-state index contributed by atoms with van der Waals surface area (Å²) in [6, 6.07) is 0.186. The molecule has 2 aliphatic rings. The van der Waals surface area contributed by atoms with Crippen LogP contribution < -0.4 is 4.72 Å². The molecule has 1 aliphatic heterocycles. The molecule has 0 radical (unpaired) electrons. The molecule has 1 unspecified atom stereocenters. The van der Waals surface area contributed by atoms with Gasteiger partial charge in [-0.15, -0.1) is 0 Å². The van der Waals surface area contributed by atoms with Gasteiger partial charge in [0, 0.05) is 12.6 Å². The minimum atomic E-state index is -3.10. The molecule has 1 aliphatic carbocycles. The summed E-state index contributed by atoms with van der Waals surface area (Å²) in [4.78, 5) is 0. The molecule has 1 saturated carbocycles. The molecule has 3 atom stereocenters. The van der Waals surface area contributed by atoms with Crippen LogP contribution in [0.4, 0.5) is 0 Å². The highest BCUT2D eigenvalue weighted by molar-refractivity contribution is 7.90. The fraction of sp³-hybridized carbons (Fsp3) is 1.00. The molecule has 2 rings (SSSR count). The Bertz CT molecular complexity index is 282. The van der Waals surface area contributed by atoms with Crippen molar-refractivity contribution < 1.29 is 13.2 Å². The van der Waals surface area contributed by atoms with Crippen LogP contribution in [0.25, 0.3) is 0 Å². The summed E-state index contributed by atoms with van der Waals surface area (Å²) in [5.74, 6) is 0.511. The minimum absolute atomic E-state index is 0.186. The Morgan fingerprint density at radius 3 is 2.62 bits per heavy atom. The van der Waals surface area contributed by atoms with Crippen LogP contribution in [0.5, 0.6) is 0 Å². The van der Waals surface area contributed by atoms with Gasteiger partial charge in [0.05, 0.1) is 6.61 Å². The number of ether oxygens (including phenoxy) is 1. The smallest absolute Gasteiger partial charge is 0.217 e. The van der Waals surface area contributed by atoms with E-state index in [1.165, 1.54) is 0 Å². The number of hydrogen-bond donors (Lipinski definition) is 1. The predicted molar refractivity (Wildman–Crippen MR) is 48.8 cm³/mol. The summed E-state index contributed by atoms with van der Waals surface area (Å²) in [6.07, 6.45) is 1.61. The van der Waals surface area contributed by atoms with Gasteiger partial charge in [-0.1, -0.05) is 6.92 Å². The van der Waals surface area contributed by atoms with Crippen molar-refractivity contribution in [2.45, 2.75) is 31.1 Å². The molecule has 0 spiro atoms. The van der Waals surface area contributed by atoms with Gasteiger partial charge in [-0.05, 0) is 18.8 Å². The third-order valence-corrected chi connectivity index (χ3v) is 4.63. The number of sulfonamides is 1. The van der Waals surface area contributed by atoms with E-state index in [2.05, 4.69) is 11.6 Å². The van der Waals surface area contributed by atoms with Crippen LogP contribution in [0.1, 0.15) is 19.8 Å². The van der Waals surface area contributed by atoms with Crippen LogP contribution in [0.3, 0.4) is 0 Å². The topological polar surface area (TPSA) is 55.4 Å². The van der Waals surface area contributed by atoms with Crippen molar-refractivity contribution in [3.63, 3.8) is 0 Å². The SMILES string of the molecule is C[C@@H]1C[C@H]1NS(=O)(=O)C1CCOC1. The number of rotatable bonds is 3. The van der Waals surface area contributed by atoms with Gasteiger partial charge in [0.25, 0.3) is 0 Å². The Labute approximate surface area is 78.7 Å². The van der Waals surface area contributed by atoms with Gasteiger partial charge in [-0.3, -0.25) is 0 Å². The maximum absolute atomic E-state index is 11.6. The quantitative estimate of drug-likeness (QED) is 0.711. The van der Waals surface area contributed by atoms with E-state index in [-0.39, 0.29) is 11.3 Å². The Morgan fingerprint density at radius 2 is 2.15 bits per heavy atom. The first-order valence-corrected chi connectivity index (χ1v) is 6.23. The van der Waals surface area contributed by atoms with Gasteiger partial charge in [0.2, 0.25) is 10.0 Å². The van der Waals surface area contributed by atoms with Gasteiger partial charge in [0.15, 0.2) is 0 Å². The Kier molecular flexibility index (Phi) is 2.33. The third-order valence-electron chi connectivity index (χ3n) is 2.75. The van der Waals surface area contributed by atoms with Crippen LogP contribution >= 0.6 is 0 Å². The molecule has 5 heteroatoms. The second-order valence-corrected chi connectivity index (χ2v) is 5.96. The summed E-state index contributed by atoms with van der Waals surface area (Å²) in [7, 11) is -3.10. The first-order valence-electron chi connectivity index (χ1n) is 4.68. The van der Waals surface area contributed by atoms with E-state index in [4.69, 9.17) is 4.74 Å². The fourth-order valence-electron chi connectivity index (χ4n) is 1.55. The molecule has 1 heterocycles. The molecule has 1 saturated heterocycles. The lowest BCUT2D eigenvalue weighted by molar-refractivity contribution is 0.198. The first kappa shape index (κ1) is 9.43. The molecule has 0 aromatic carbocycles. The summed E-state index contributed by atoms with van der Waals surface area (Å²) in [5.41, 5.74) is 0. The van der Waals surface area contributed by atoms with E-state index < -0.39 is 10.0 Å². The van der Waals surface area contributed by atoms with Crippen molar-refractivity contribution in [2.75, 3.05) is 13.2 Å². The van der Waals surface area contributed by atoms with Crippen molar-refractivity contribution in [3.05, 3.63) is 0 Å². The van der Waals surface area contributed by atoms with Gasteiger partial charge in [0.1, 0.15) is 5.25 Å². The molecule has 4 nitrogen and oxygen atoms in total. The lowest BCUT2D eigenvalue weighted by atomic mass is 10.4. The summed E-state index contributed by atoms with van der Waals surface area (Å²) >= 11 is 0. The maximum Gasteiger partial charge on any atom is 0.217 e. The van der Waals surface area contributed by atoms with E-state index in [1.54, 1.807) is 0 Å². The molecular weight excluding hydrogens is 190 g/mol. The third kappa shape index (κ3) is 2.03. The zero-order valence-corrected chi connectivity index (χ0v) is 8.51. The molecule has 2 fully saturated rings. The van der Waals surface area contributed by atoms with Crippen molar-refractivity contribution in [1.82, 2.24) is 4.72 Å². The van der Waals surface area contributed by atoms with Gasteiger partial charge in [-0.25, -0.2) is 13.1 Å². The van der Waals surface area contributed by atoms with Crippen molar-refractivity contribution in [3.8, 4) is 0 Å². The summed E-state index contributed by atoms with van der Waals surface area (Å²) in [5, 5.41) is -0.319. The highest BCUT2D eigenvalue weighted by Crippen LogP contribution is 2.30. The molecule has 1 N–H and O–H groups in total. The molecule has 76 valence electrons. The first-order chi connectivity index (χ1) is 6.09. The van der Waals surface area contributed by atoms with E-state index in [0.717, 1.165) is 6.42 Å². The van der Waals surface area contributed by atoms with Gasteiger partial charge < -0.3 is 4.74 Å². The van der Waals surface area contributed by atoms with E-state index in [9.17, 15) is 8.42 Å². The molecule has 0 amide bonds. The van der Waals surface area contributed by atoms with Crippen LogP contribution in [-0.2, 0) is 14.8 Å². The Balaban J connectivity index is 1.94. The standard InChI is InChI=1S/C8H15NO3S/c1-6-4-8(6)9-13(10,11)7-2-3-12-5-7/h6-9H,2-5H2,1H3/t6-,7?,8-/m1/s1. The summed E-state index contributed by atoms with van der Waals surface area (Å²) in [6.45, 7) is 2.99. The Morgan fingerprint density at radius 1 is 1.46 bits per heavy atom. The molecule has 13 heavy (non-hydrogen) atoms. The number of nitrogens with one attached hydrogen (secondary N) is 1. The predicted octanol–water partition coefficient (Wildman–Crippen LogP) is 0.103. The average molecular weight is 205 g/mol. The maximum atomic E-state index is 11.6. The zero-order valence-electron chi connectivity index (χ0n) is 7.69. The van der Waals surface area contributed by atoms with Crippen molar-refractivity contribution in [2.24, 2.45) is 5.92 Å². The highest BCUT2D eigenvalue weighted by Gasteiger charge is 2.39. The molecule has 0 bridgehead atoms. The van der Waals surface area contributed by atoms with Gasteiger partial charge >= 0.3 is 0 Å². The van der Waals surface area contributed by atoms with E-state index in [0.29, 0.717) is 25.6 Å². The van der Waals surface area contributed by atoms with Gasteiger partial charge in [-0.2, -0.15) is 0 Å². The second-order valence-electron chi connectivity index (χ2n) is 3.97. The lowest BCUT2D eigenvalue weighted by Crippen LogP contribution is -2.36. The minimum Gasteiger partial charge on any atom is -0.380 e. The summed E-state index contributed by atoms with van der Waals surface area (Å²) < 4.78 is 31.0. The molecule has 0 aromatic heterocycles. The van der Waals surface area contributed by atoms with Crippen molar-refractivity contribution in [1.29, 1.82) is 0 Å². The van der Waals surface area contributed by atoms with Crippen molar-refractivity contribution >= 4 is 10.0 Å². The monoisotopic (exact) mass is 205 g/mol. The second kappa shape index (κ2) is 3.22. The van der Waals surface area contributed by atoms with E-state index >= 15 is 0 Å². The van der Waals surface area contributed by atoms with Crippen LogP contribution in [0, 0.1) is 5.92 Å². The Hall–Kier alpha value is -0.130. The normalized spacial score (nSPS) is 39.3. The fourth-order valence-corrected chi connectivity index (χ4v) is 3.18. The van der Waals surface area contributed by atoms with E-state index in [1.807, 2.05) is 0 Å². The van der Waals surface area contributed by atoms with Crippen LogP contribution in [-0.4, -0.2) is 32.9 Å². The highest BCUT2D eigenvalue weighted by atomic mass is 32.2. The molecule has 0 aromatic rings.